The van der Waals surface area contributed by atoms with Crippen LogP contribution >= 0.6 is 0 Å². The van der Waals surface area contributed by atoms with E-state index in [0.29, 0.717) is 6.04 Å². The van der Waals surface area contributed by atoms with Gasteiger partial charge in [0.05, 0.1) is 7.11 Å². The molecule has 1 N–H and O–H groups in total. The molecule has 1 saturated heterocycles. The first-order valence-corrected chi connectivity index (χ1v) is 6.78. The largest absolute Gasteiger partial charge is 0.497 e. The normalized spacial score (nSPS) is 21.9. The zero-order chi connectivity index (χ0) is 13.0. The van der Waals surface area contributed by atoms with Crippen LogP contribution in [0.25, 0.3) is 0 Å². The summed E-state index contributed by atoms with van der Waals surface area (Å²) in [6.07, 6.45) is 10.0. The maximum absolute atomic E-state index is 5.38. The van der Waals surface area contributed by atoms with Gasteiger partial charge < -0.3 is 15.0 Å². The fourth-order valence-corrected chi connectivity index (χ4v) is 2.63. The number of rotatable bonds is 3. The number of piperidine rings is 1. The van der Waals surface area contributed by atoms with E-state index in [9.17, 15) is 0 Å². The minimum absolute atomic E-state index is 0. The molecule has 0 aromatic rings. The molecule has 0 atom stereocenters. The van der Waals surface area contributed by atoms with Crippen molar-refractivity contribution in [3.63, 3.8) is 0 Å². The van der Waals surface area contributed by atoms with Gasteiger partial charge in [-0.15, -0.1) is 0 Å². The lowest BCUT2D eigenvalue weighted by atomic mass is 10.0. The third-order valence-electron chi connectivity index (χ3n) is 3.93. The Hall–Kier alpha value is -1.22. The Bertz CT molecular complexity index is 380. The highest BCUT2D eigenvalue weighted by Gasteiger charge is 2.19. The Labute approximate surface area is 112 Å². The van der Waals surface area contributed by atoms with E-state index < -0.39 is 0 Å². The van der Waals surface area contributed by atoms with E-state index in [0.717, 1.165) is 25.3 Å². The zero-order valence-electron chi connectivity index (χ0n) is 11.7. The molecule has 0 radical (unpaired) electrons. The first kappa shape index (κ1) is 13.2. The molecule has 102 valence electrons. The van der Waals surface area contributed by atoms with E-state index in [1.165, 1.54) is 24.1 Å². The van der Waals surface area contributed by atoms with Crippen molar-refractivity contribution in [2.75, 3.05) is 27.2 Å². The summed E-state index contributed by atoms with van der Waals surface area (Å²) in [5.74, 6) is 1.01. The maximum atomic E-state index is 5.38. The van der Waals surface area contributed by atoms with Crippen LogP contribution in [-0.4, -0.2) is 38.2 Å². The highest BCUT2D eigenvalue weighted by atomic mass is 16.5. The molecule has 1 fully saturated rings. The topological polar surface area (TPSA) is 24.5 Å². The van der Waals surface area contributed by atoms with Crippen molar-refractivity contribution in [3.05, 3.63) is 35.3 Å². The van der Waals surface area contributed by atoms with E-state index in [1.54, 1.807) is 7.11 Å². The molecule has 3 nitrogen and oxygen atoms in total. The fraction of sp³-hybridized carbons (Fsp3) is 0.600. The van der Waals surface area contributed by atoms with Crippen molar-refractivity contribution < 1.29 is 6.16 Å². The van der Waals surface area contributed by atoms with Gasteiger partial charge in [-0.2, -0.15) is 0 Å². The standard InChI is InChI=1S/C15H24N2O.H2/c1-12-4-5-14(6-7-15(12)18-3)17-10-8-13(16-2)9-11-17;/h5-7,13,16H,4,8-11H2,1-3H3;1H. The van der Waals surface area contributed by atoms with Crippen LogP contribution in [-0.2, 0) is 4.74 Å². The Morgan fingerprint density at radius 3 is 2.67 bits per heavy atom. The van der Waals surface area contributed by atoms with Gasteiger partial charge in [-0.05, 0) is 51.0 Å². The lowest BCUT2D eigenvalue weighted by Crippen LogP contribution is -2.40. The number of hydrogen-bond acceptors (Lipinski definition) is 3. The first-order valence-electron chi connectivity index (χ1n) is 6.78. The molecule has 1 aliphatic heterocycles. The number of hydrogen-bond donors (Lipinski definition) is 1. The van der Waals surface area contributed by atoms with Gasteiger partial charge >= 0.3 is 0 Å². The Morgan fingerprint density at radius 2 is 2.06 bits per heavy atom. The van der Waals surface area contributed by atoms with Gasteiger partial charge in [0.1, 0.15) is 5.76 Å². The molecule has 0 aromatic heterocycles. The Morgan fingerprint density at radius 1 is 1.33 bits per heavy atom. The van der Waals surface area contributed by atoms with Gasteiger partial charge in [-0.25, -0.2) is 0 Å². The van der Waals surface area contributed by atoms with Crippen LogP contribution in [0.4, 0.5) is 0 Å². The second-order valence-electron chi connectivity index (χ2n) is 5.07. The Balaban J connectivity index is 0.00000180. The lowest BCUT2D eigenvalue weighted by Gasteiger charge is -2.34. The number of methoxy groups -OCH3 is 1. The van der Waals surface area contributed by atoms with Crippen molar-refractivity contribution in [1.29, 1.82) is 0 Å². The van der Waals surface area contributed by atoms with Crippen LogP contribution in [0.5, 0.6) is 0 Å². The molecule has 18 heavy (non-hydrogen) atoms. The van der Waals surface area contributed by atoms with Gasteiger partial charge in [0.2, 0.25) is 0 Å². The first-order chi connectivity index (χ1) is 8.74. The van der Waals surface area contributed by atoms with Crippen molar-refractivity contribution in [2.45, 2.75) is 32.2 Å². The van der Waals surface area contributed by atoms with E-state index >= 15 is 0 Å². The summed E-state index contributed by atoms with van der Waals surface area (Å²) in [5.41, 5.74) is 2.64. The molecule has 3 heteroatoms. The molecule has 2 aliphatic rings. The van der Waals surface area contributed by atoms with Crippen molar-refractivity contribution in [1.82, 2.24) is 10.2 Å². The molecule has 1 aliphatic carbocycles. The number of likely N-dealkylation sites (tertiary alicyclic amines) is 1. The van der Waals surface area contributed by atoms with Crippen LogP contribution in [0.1, 0.15) is 27.6 Å². The van der Waals surface area contributed by atoms with Crippen LogP contribution in [0.2, 0.25) is 0 Å². The number of allylic oxidation sites excluding steroid dienone is 4. The van der Waals surface area contributed by atoms with Crippen LogP contribution in [0.3, 0.4) is 0 Å². The molecular formula is C15H26N2O. The summed E-state index contributed by atoms with van der Waals surface area (Å²) >= 11 is 0. The van der Waals surface area contributed by atoms with Gasteiger partial charge in [-0.1, -0.05) is 6.08 Å². The number of nitrogens with zero attached hydrogens (tertiary/aromatic N) is 1. The van der Waals surface area contributed by atoms with Crippen molar-refractivity contribution in [2.24, 2.45) is 0 Å². The monoisotopic (exact) mass is 250 g/mol. The molecule has 2 rings (SSSR count). The van der Waals surface area contributed by atoms with E-state index in [1.807, 2.05) is 0 Å². The van der Waals surface area contributed by atoms with Gasteiger partial charge in [0.15, 0.2) is 0 Å². The maximum Gasteiger partial charge on any atom is 0.118 e. The van der Waals surface area contributed by atoms with E-state index in [-0.39, 0.29) is 1.43 Å². The molecule has 0 amide bonds. The summed E-state index contributed by atoms with van der Waals surface area (Å²) in [7, 11) is 3.80. The van der Waals surface area contributed by atoms with Crippen LogP contribution < -0.4 is 5.32 Å². The smallest absolute Gasteiger partial charge is 0.118 e. The molecule has 1 heterocycles. The van der Waals surface area contributed by atoms with Crippen LogP contribution in [0, 0.1) is 0 Å². The summed E-state index contributed by atoms with van der Waals surface area (Å²) in [5, 5.41) is 3.37. The zero-order valence-corrected chi connectivity index (χ0v) is 11.7. The predicted molar refractivity (Wildman–Crippen MR) is 77.3 cm³/mol. The highest BCUT2D eigenvalue weighted by molar-refractivity contribution is 5.32. The summed E-state index contributed by atoms with van der Waals surface area (Å²) in [6, 6.07) is 0.686. The van der Waals surface area contributed by atoms with Crippen LogP contribution in [0.15, 0.2) is 35.3 Å². The van der Waals surface area contributed by atoms with E-state index in [4.69, 9.17) is 4.74 Å². The quantitative estimate of drug-likeness (QED) is 0.833. The van der Waals surface area contributed by atoms with Gasteiger partial charge in [0.25, 0.3) is 0 Å². The van der Waals surface area contributed by atoms with Gasteiger partial charge in [0, 0.05) is 26.3 Å². The second kappa shape index (κ2) is 6.10. The molecule has 0 bridgehead atoms. The van der Waals surface area contributed by atoms with E-state index in [2.05, 4.69) is 42.4 Å². The third kappa shape index (κ3) is 2.96. The summed E-state index contributed by atoms with van der Waals surface area (Å²) < 4.78 is 5.38. The number of nitrogens with one attached hydrogen (secondary N) is 1. The fourth-order valence-electron chi connectivity index (χ4n) is 2.63. The predicted octanol–water partition coefficient (Wildman–Crippen LogP) is 2.68. The minimum atomic E-state index is 0. The highest BCUT2D eigenvalue weighted by Crippen LogP contribution is 2.22. The molecule has 0 saturated carbocycles. The molecule has 0 spiro atoms. The summed E-state index contributed by atoms with van der Waals surface area (Å²) in [4.78, 5) is 2.48. The SMILES string of the molecule is CNC1CCN(C2=CCC(C)=C(OC)C=C2)CC1.[HH]. The lowest BCUT2D eigenvalue weighted by molar-refractivity contribution is 0.253. The third-order valence-corrected chi connectivity index (χ3v) is 3.93. The molecule has 0 aromatic carbocycles. The summed E-state index contributed by atoms with van der Waals surface area (Å²) in [6.45, 7) is 4.42. The molecule has 0 unspecified atom stereocenters. The van der Waals surface area contributed by atoms with Crippen molar-refractivity contribution >= 4 is 0 Å². The number of ether oxygens (including phenoxy) is 1. The second-order valence-corrected chi connectivity index (χ2v) is 5.07. The van der Waals surface area contributed by atoms with Crippen molar-refractivity contribution in [3.8, 4) is 0 Å². The molecular weight excluding hydrogens is 224 g/mol. The average molecular weight is 250 g/mol. The van der Waals surface area contributed by atoms with Gasteiger partial charge in [-0.3, -0.25) is 0 Å². The average Bonchev–Trinajstić information content (AvgIpc) is 2.61. The minimum Gasteiger partial charge on any atom is -0.497 e. The Kier molecular flexibility index (Phi) is 4.48.